The van der Waals surface area contributed by atoms with Crippen molar-refractivity contribution in [2.24, 2.45) is 0 Å². The molecular formula is C13H10BrN3O. The molecule has 4 nitrogen and oxygen atoms in total. The van der Waals surface area contributed by atoms with E-state index in [2.05, 4.69) is 32.0 Å². The molecule has 0 spiro atoms. The Morgan fingerprint density at radius 1 is 1.33 bits per heavy atom. The highest BCUT2D eigenvalue weighted by Gasteiger charge is 2.17. The molecule has 0 aliphatic carbocycles. The molecule has 18 heavy (non-hydrogen) atoms. The Balaban J connectivity index is 2.41. The molecule has 1 aromatic heterocycles. The van der Waals surface area contributed by atoms with Gasteiger partial charge in [-0.15, -0.1) is 0 Å². The van der Waals surface area contributed by atoms with Crippen LogP contribution in [0.5, 0.6) is 5.75 Å². The van der Waals surface area contributed by atoms with Gasteiger partial charge in [-0.1, -0.05) is 6.07 Å². The van der Waals surface area contributed by atoms with Gasteiger partial charge in [-0.05, 0) is 39.7 Å². The quantitative estimate of drug-likeness (QED) is 0.875. The Morgan fingerprint density at radius 3 is 2.61 bits per heavy atom. The summed E-state index contributed by atoms with van der Waals surface area (Å²) < 4.78 is 5.96. The lowest BCUT2D eigenvalue weighted by Crippen LogP contribution is -2.03. The van der Waals surface area contributed by atoms with Gasteiger partial charge in [0.15, 0.2) is 0 Å². The molecular weight excluding hydrogens is 294 g/mol. The largest absolute Gasteiger partial charge is 0.496 e. The highest BCUT2D eigenvalue weighted by atomic mass is 79.9. The van der Waals surface area contributed by atoms with Crippen molar-refractivity contribution in [1.29, 1.82) is 5.26 Å². The van der Waals surface area contributed by atoms with Crippen LogP contribution in [0, 0.1) is 11.3 Å². The Bertz CT molecular complexity index is 581. The number of halogens is 1. The summed E-state index contributed by atoms with van der Waals surface area (Å²) in [5.74, 6) is 0.745. The number of benzene rings is 1. The average molecular weight is 304 g/mol. The molecule has 5 heteroatoms. The molecule has 2 rings (SSSR count). The predicted molar refractivity (Wildman–Crippen MR) is 70.2 cm³/mol. The zero-order valence-corrected chi connectivity index (χ0v) is 11.3. The predicted octanol–water partition coefficient (Wildman–Crippen LogP) is 2.90. The van der Waals surface area contributed by atoms with E-state index in [-0.39, 0.29) is 0 Å². The van der Waals surface area contributed by atoms with Crippen molar-refractivity contribution in [2.75, 3.05) is 7.11 Å². The van der Waals surface area contributed by atoms with Gasteiger partial charge < -0.3 is 4.74 Å². The average Bonchev–Trinajstić information content (AvgIpc) is 2.41. The Labute approximate surface area is 113 Å². The van der Waals surface area contributed by atoms with Gasteiger partial charge in [-0.25, -0.2) is 9.97 Å². The van der Waals surface area contributed by atoms with Gasteiger partial charge in [0.05, 0.1) is 17.7 Å². The first kappa shape index (κ1) is 12.5. The lowest BCUT2D eigenvalue weighted by Gasteiger charge is -2.10. The van der Waals surface area contributed by atoms with Crippen LogP contribution in [0.25, 0.3) is 0 Å². The Hall–Kier alpha value is -1.93. The molecule has 0 fully saturated rings. The van der Waals surface area contributed by atoms with Crippen LogP contribution in [0.15, 0.2) is 41.1 Å². The van der Waals surface area contributed by atoms with E-state index in [4.69, 9.17) is 4.74 Å². The van der Waals surface area contributed by atoms with Gasteiger partial charge in [0.2, 0.25) is 0 Å². The first-order chi connectivity index (χ1) is 8.76. The molecule has 90 valence electrons. The van der Waals surface area contributed by atoms with E-state index in [1.54, 1.807) is 25.6 Å². The number of hydrogen-bond donors (Lipinski definition) is 0. The second kappa shape index (κ2) is 5.61. The lowest BCUT2D eigenvalue weighted by atomic mass is 10.00. The van der Waals surface area contributed by atoms with Crippen molar-refractivity contribution >= 4 is 15.9 Å². The smallest absolute Gasteiger partial charge is 0.149 e. The number of hydrogen-bond acceptors (Lipinski definition) is 4. The third-order valence-electron chi connectivity index (χ3n) is 2.48. The van der Waals surface area contributed by atoms with E-state index < -0.39 is 5.92 Å². The van der Waals surface area contributed by atoms with E-state index in [0.717, 1.165) is 15.8 Å². The molecule has 0 radical (unpaired) electrons. The van der Waals surface area contributed by atoms with Gasteiger partial charge in [0.1, 0.15) is 17.5 Å². The molecule has 0 saturated heterocycles. The van der Waals surface area contributed by atoms with Gasteiger partial charge in [-0.2, -0.15) is 5.26 Å². The fourth-order valence-electron chi connectivity index (χ4n) is 1.60. The molecule has 0 aliphatic rings. The normalized spacial score (nSPS) is 11.6. The van der Waals surface area contributed by atoms with E-state index in [9.17, 15) is 5.26 Å². The summed E-state index contributed by atoms with van der Waals surface area (Å²) in [4.78, 5) is 8.24. The number of nitrogens with zero attached hydrogens (tertiary/aromatic N) is 3. The van der Waals surface area contributed by atoms with Crippen molar-refractivity contribution in [3.63, 3.8) is 0 Å². The maximum Gasteiger partial charge on any atom is 0.149 e. The fourth-order valence-corrected chi connectivity index (χ4v) is 2.16. The summed E-state index contributed by atoms with van der Waals surface area (Å²) in [5.41, 5.74) is 0.830. The monoisotopic (exact) mass is 303 g/mol. The van der Waals surface area contributed by atoms with Gasteiger partial charge in [0, 0.05) is 12.4 Å². The van der Waals surface area contributed by atoms with Crippen LogP contribution in [0.4, 0.5) is 0 Å². The molecule has 0 N–H and O–H groups in total. The SMILES string of the molecule is COc1ccc(C(C#N)c2ncccn2)cc1Br. The van der Waals surface area contributed by atoms with Crippen LogP contribution >= 0.6 is 15.9 Å². The highest BCUT2D eigenvalue weighted by molar-refractivity contribution is 9.10. The fraction of sp³-hybridized carbons (Fsp3) is 0.154. The maximum atomic E-state index is 9.27. The molecule has 2 aromatic rings. The second-order valence-electron chi connectivity index (χ2n) is 3.56. The molecule has 0 saturated carbocycles. The van der Waals surface area contributed by atoms with Crippen molar-refractivity contribution in [2.45, 2.75) is 5.92 Å². The zero-order chi connectivity index (χ0) is 13.0. The van der Waals surface area contributed by atoms with Crippen molar-refractivity contribution < 1.29 is 4.74 Å². The van der Waals surface area contributed by atoms with E-state index >= 15 is 0 Å². The van der Waals surface area contributed by atoms with Gasteiger partial charge >= 0.3 is 0 Å². The van der Waals surface area contributed by atoms with Crippen LogP contribution in [-0.4, -0.2) is 17.1 Å². The summed E-state index contributed by atoms with van der Waals surface area (Å²) in [5, 5.41) is 9.27. The van der Waals surface area contributed by atoms with Crippen molar-refractivity contribution in [3.05, 3.63) is 52.5 Å². The summed E-state index contributed by atoms with van der Waals surface area (Å²) in [6, 6.07) is 9.44. The number of ether oxygens (including phenoxy) is 1. The summed E-state index contributed by atoms with van der Waals surface area (Å²) in [6.45, 7) is 0. The van der Waals surface area contributed by atoms with Crippen LogP contribution in [0.3, 0.4) is 0 Å². The minimum absolute atomic E-state index is 0.478. The van der Waals surface area contributed by atoms with E-state index in [1.807, 2.05) is 18.2 Å². The van der Waals surface area contributed by atoms with Crippen molar-refractivity contribution in [3.8, 4) is 11.8 Å². The molecule has 0 bridgehead atoms. The standard InChI is InChI=1S/C13H10BrN3O/c1-18-12-4-3-9(7-11(12)14)10(8-15)13-16-5-2-6-17-13/h2-7,10H,1H3. The molecule has 1 unspecified atom stereocenters. The molecule has 1 atom stereocenters. The van der Waals surface area contributed by atoms with Crippen molar-refractivity contribution in [1.82, 2.24) is 9.97 Å². The van der Waals surface area contributed by atoms with E-state index in [1.165, 1.54) is 0 Å². The maximum absolute atomic E-state index is 9.27. The Morgan fingerprint density at radius 2 is 2.06 bits per heavy atom. The van der Waals surface area contributed by atoms with Crippen LogP contribution < -0.4 is 4.74 Å². The first-order valence-corrected chi connectivity index (χ1v) is 6.05. The van der Waals surface area contributed by atoms with E-state index in [0.29, 0.717) is 5.82 Å². The molecule has 1 heterocycles. The Kier molecular flexibility index (Phi) is 3.90. The number of rotatable bonds is 3. The van der Waals surface area contributed by atoms with Gasteiger partial charge in [0.25, 0.3) is 0 Å². The minimum Gasteiger partial charge on any atom is -0.496 e. The third-order valence-corrected chi connectivity index (χ3v) is 3.10. The number of nitriles is 1. The molecule has 1 aromatic carbocycles. The number of methoxy groups -OCH3 is 1. The third kappa shape index (κ3) is 2.49. The number of aromatic nitrogens is 2. The minimum atomic E-state index is -0.478. The topological polar surface area (TPSA) is 58.8 Å². The second-order valence-corrected chi connectivity index (χ2v) is 4.42. The van der Waals surface area contributed by atoms with Crippen LogP contribution in [0.2, 0.25) is 0 Å². The van der Waals surface area contributed by atoms with Crippen LogP contribution in [0.1, 0.15) is 17.3 Å². The lowest BCUT2D eigenvalue weighted by molar-refractivity contribution is 0.412. The summed E-state index contributed by atoms with van der Waals surface area (Å²) in [7, 11) is 1.60. The van der Waals surface area contributed by atoms with Crippen LogP contribution in [-0.2, 0) is 0 Å². The zero-order valence-electron chi connectivity index (χ0n) is 9.67. The molecule has 0 amide bonds. The first-order valence-electron chi connectivity index (χ1n) is 5.26. The summed E-state index contributed by atoms with van der Waals surface area (Å²) in [6.07, 6.45) is 3.26. The van der Waals surface area contributed by atoms with Gasteiger partial charge in [-0.3, -0.25) is 0 Å². The highest BCUT2D eigenvalue weighted by Crippen LogP contribution is 2.30. The summed E-state index contributed by atoms with van der Waals surface area (Å²) >= 11 is 3.40. The molecule has 0 aliphatic heterocycles.